The van der Waals surface area contributed by atoms with Crippen LogP contribution in [0.5, 0.6) is 0 Å². The number of fused-ring (bicyclic) bond motifs is 1. The van der Waals surface area contributed by atoms with Gasteiger partial charge in [0.25, 0.3) is 0 Å². The number of hydrogen-bond acceptors (Lipinski definition) is 3. The molecular formula is C13H21ClN4. The first-order valence-corrected chi connectivity index (χ1v) is 7.17. The third kappa shape index (κ3) is 2.06. The molecule has 18 heavy (non-hydrogen) atoms. The smallest absolute Gasteiger partial charge is 0.131 e. The molecule has 0 spiro atoms. The predicted octanol–water partition coefficient (Wildman–Crippen LogP) is 1.57. The maximum Gasteiger partial charge on any atom is 0.131 e. The molecule has 2 atom stereocenters. The molecule has 0 aliphatic carbocycles. The normalized spacial score (nSPS) is 28.6. The van der Waals surface area contributed by atoms with Gasteiger partial charge in [-0.3, -0.25) is 9.58 Å². The van der Waals surface area contributed by atoms with Crippen LogP contribution >= 0.6 is 11.6 Å². The molecule has 0 saturated carbocycles. The fraction of sp³-hybridized carbons (Fsp3) is 0.769. The van der Waals surface area contributed by atoms with Crippen LogP contribution in [0.25, 0.3) is 0 Å². The molecule has 2 fully saturated rings. The summed E-state index contributed by atoms with van der Waals surface area (Å²) >= 11 is 6.33. The molecule has 2 aliphatic rings. The third-order valence-corrected chi connectivity index (χ3v) is 4.90. The van der Waals surface area contributed by atoms with Crippen LogP contribution in [0.3, 0.4) is 0 Å². The van der Waals surface area contributed by atoms with Crippen molar-refractivity contribution in [2.45, 2.75) is 32.4 Å². The van der Waals surface area contributed by atoms with Crippen molar-refractivity contribution in [1.82, 2.24) is 20.0 Å². The second-order valence-corrected chi connectivity index (χ2v) is 5.93. The van der Waals surface area contributed by atoms with Gasteiger partial charge in [-0.15, -0.1) is 0 Å². The molecule has 5 heteroatoms. The maximum atomic E-state index is 6.33. The first kappa shape index (κ1) is 12.5. The van der Waals surface area contributed by atoms with E-state index in [1.165, 1.54) is 31.5 Å². The van der Waals surface area contributed by atoms with E-state index in [1.807, 2.05) is 7.05 Å². The van der Waals surface area contributed by atoms with E-state index in [4.69, 9.17) is 11.6 Å². The Kier molecular flexibility index (Phi) is 3.34. The van der Waals surface area contributed by atoms with E-state index in [0.29, 0.717) is 6.04 Å². The lowest BCUT2D eigenvalue weighted by atomic mass is 9.92. The Balaban J connectivity index is 1.79. The monoisotopic (exact) mass is 268 g/mol. The summed E-state index contributed by atoms with van der Waals surface area (Å²) in [5.74, 6) is 0.828. The van der Waals surface area contributed by atoms with Crippen molar-refractivity contribution in [2.24, 2.45) is 13.0 Å². The van der Waals surface area contributed by atoms with E-state index in [-0.39, 0.29) is 0 Å². The number of likely N-dealkylation sites (tertiary alicyclic amines) is 1. The Morgan fingerprint density at radius 3 is 3.00 bits per heavy atom. The minimum absolute atomic E-state index is 0.689. The van der Waals surface area contributed by atoms with Gasteiger partial charge < -0.3 is 5.32 Å². The highest BCUT2D eigenvalue weighted by atomic mass is 35.5. The first-order chi connectivity index (χ1) is 8.66. The van der Waals surface area contributed by atoms with Crippen LogP contribution in [0.15, 0.2) is 0 Å². The van der Waals surface area contributed by atoms with E-state index in [2.05, 4.69) is 22.2 Å². The van der Waals surface area contributed by atoms with Gasteiger partial charge in [0.1, 0.15) is 5.15 Å². The largest absolute Gasteiger partial charge is 0.315 e. The van der Waals surface area contributed by atoms with Gasteiger partial charge in [-0.1, -0.05) is 11.6 Å². The minimum atomic E-state index is 0.689. The number of rotatable bonds is 2. The van der Waals surface area contributed by atoms with Crippen molar-refractivity contribution < 1.29 is 0 Å². The van der Waals surface area contributed by atoms with Gasteiger partial charge in [0.05, 0.1) is 5.69 Å². The van der Waals surface area contributed by atoms with Gasteiger partial charge >= 0.3 is 0 Å². The Hall–Kier alpha value is -0.580. The van der Waals surface area contributed by atoms with Crippen molar-refractivity contribution in [3.8, 4) is 0 Å². The summed E-state index contributed by atoms with van der Waals surface area (Å²) in [4.78, 5) is 2.59. The topological polar surface area (TPSA) is 33.1 Å². The van der Waals surface area contributed by atoms with E-state index < -0.39 is 0 Å². The number of nitrogens with zero attached hydrogens (tertiary/aromatic N) is 3. The van der Waals surface area contributed by atoms with Gasteiger partial charge in [-0.05, 0) is 38.8 Å². The van der Waals surface area contributed by atoms with Crippen LogP contribution in [0.2, 0.25) is 5.15 Å². The second kappa shape index (κ2) is 4.83. The lowest BCUT2D eigenvalue weighted by molar-refractivity contribution is 0.117. The molecule has 1 aromatic heterocycles. The van der Waals surface area contributed by atoms with E-state index in [0.717, 1.165) is 29.9 Å². The minimum Gasteiger partial charge on any atom is -0.315 e. The highest BCUT2D eigenvalue weighted by molar-refractivity contribution is 6.30. The van der Waals surface area contributed by atoms with Crippen molar-refractivity contribution in [3.05, 3.63) is 16.4 Å². The molecule has 0 amide bonds. The highest BCUT2D eigenvalue weighted by Gasteiger charge is 2.35. The van der Waals surface area contributed by atoms with Crippen molar-refractivity contribution >= 4 is 11.6 Å². The van der Waals surface area contributed by atoms with Crippen LogP contribution in [0.1, 0.15) is 24.1 Å². The van der Waals surface area contributed by atoms with Gasteiger partial charge in [0.15, 0.2) is 0 Å². The summed E-state index contributed by atoms with van der Waals surface area (Å²) in [6.07, 6.45) is 2.67. The molecule has 2 saturated heterocycles. The summed E-state index contributed by atoms with van der Waals surface area (Å²) in [6, 6.07) is 0.689. The Morgan fingerprint density at radius 1 is 1.44 bits per heavy atom. The lowest BCUT2D eigenvalue weighted by Crippen LogP contribution is -2.44. The van der Waals surface area contributed by atoms with Crippen LogP contribution in [-0.4, -0.2) is 40.4 Å². The van der Waals surface area contributed by atoms with Gasteiger partial charge in [-0.25, -0.2) is 0 Å². The quantitative estimate of drug-likeness (QED) is 0.884. The SMILES string of the molecule is Cc1nn(C)c(Cl)c1CN1CCCC2CNCC21. The average molecular weight is 269 g/mol. The number of aromatic nitrogens is 2. The number of piperidine rings is 1. The molecule has 3 rings (SSSR count). The molecule has 1 N–H and O–H groups in total. The van der Waals surface area contributed by atoms with E-state index in [9.17, 15) is 0 Å². The van der Waals surface area contributed by atoms with Crippen molar-refractivity contribution in [1.29, 1.82) is 0 Å². The number of hydrogen-bond donors (Lipinski definition) is 1. The molecule has 4 nitrogen and oxygen atoms in total. The Labute approximate surface area is 113 Å². The Bertz CT molecular complexity index is 442. The summed E-state index contributed by atoms with van der Waals surface area (Å²) < 4.78 is 1.78. The van der Waals surface area contributed by atoms with E-state index in [1.54, 1.807) is 4.68 Å². The molecule has 2 unspecified atom stereocenters. The molecule has 3 heterocycles. The zero-order valence-corrected chi connectivity index (χ0v) is 11.9. The van der Waals surface area contributed by atoms with Gasteiger partial charge in [0, 0.05) is 31.7 Å². The van der Waals surface area contributed by atoms with Crippen LogP contribution < -0.4 is 5.32 Å². The summed E-state index contributed by atoms with van der Waals surface area (Å²) in [7, 11) is 1.91. The molecular weight excluding hydrogens is 248 g/mol. The van der Waals surface area contributed by atoms with Crippen molar-refractivity contribution in [2.75, 3.05) is 19.6 Å². The van der Waals surface area contributed by atoms with Gasteiger partial charge in [-0.2, -0.15) is 5.10 Å². The standard InChI is InChI=1S/C13H21ClN4/c1-9-11(13(14)17(2)16-9)8-18-5-3-4-10-6-15-7-12(10)18/h10,12,15H,3-8H2,1-2H3. The number of aryl methyl sites for hydroxylation is 2. The highest BCUT2D eigenvalue weighted by Crippen LogP contribution is 2.29. The van der Waals surface area contributed by atoms with Crippen LogP contribution in [-0.2, 0) is 13.6 Å². The maximum absolute atomic E-state index is 6.33. The van der Waals surface area contributed by atoms with Crippen molar-refractivity contribution in [3.63, 3.8) is 0 Å². The number of halogens is 1. The molecule has 0 bridgehead atoms. The summed E-state index contributed by atoms with van der Waals surface area (Å²) in [5, 5.41) is 8.72. The summed E-state index contributed by atoms with van der Waals surface area (Å²) in [5.41, 5.74) is 2.27. The Morgan fingerprint density at radius 2 is 2.28 bits per heavy atom. The molecule has 2 aliphatic heterocycles. The zero-order chi connectivity index (χ0) is 12.7. The van der Waals surface area contributed by atoms with Gasteiger partial charge in [0.2, 0.25) is 0 Å². The number of nitrogens with one attached hydrogen (secondary N) is 1. The zero-order valence-electron chi connectivity index (χ0n) is 11.1. The van der Waals surface area contributed by atoms with Crippen LogP contribution in [0, 0.1) is 12.8 Å². The summed E-state index contributed by atoms with van der Waals surface area (Å²) in [6.45, 7) is 6.49. The lowest BCUT2D eigenvalue weighted by Gasteiger charge is -2.37. The molecule has 0 radical (unpaired) electrons. The first-order valence-electron chi connectivity index (χ1n) is 6.79. The molecule has 1 aromatic rings. The fourth-order valence-corrected chi connectivity index (χ4v) is 3.65. The van der Waals surface area contributed by atoms with E-state index >= 15 is 0 Å². The predicted molar refractivity (Wildman–Crippen MR) is 72.7 cm³/mol. The second-order valence-electron chi connectivity index (χ2n) is 5.58. The molecule has 0 aromatic carbocycles. The molecule has 100 valence electrons. The van der Waals surface area contributed by atoms with Crippen LogP contribution in [0.4, 0.5) is 0 Å². The average Bonchev–Trinajstić information content (AvgIpc) is 2.91. The third-order valence-electron chi connectivity index (χ3n) is 4.42. The fourth-order valence-electron chi connectivity index (χ4n) is 3.42.